The molecule has 1 aliphatic carbocycles. The minimum absolute atomic E-state index is 0.0914. The molecule has 0 radical (unpaired) electrons. The number of hydrogen-bond acceptors (Lipinski definition) is 4. The van der Waals surface area contributed by atoms with Gasteiger partial charge in [-0.2, -0.15) is 4.31 Å². The van der Waals surface area contributed by atoms with Crippen molar-refractivity contribution in [3.05, 3.63) is 89.4 Å². The molecule has 1 aromatic heterocycles. The van der Waals surface area contributed by atoms with Crippen molar-refractivity contribution in [3.8, 4) is 0 Å². The summed E-state index contributed by atoms with van der Waals surface area (Å²) in [5.41, 5.74) is 2.49. The van der Waals surface area contributed by atoms with Gasteiger partial charge in [0.2, 0.25) is 10.0 Å². The van der Waals surface area contributed by atoms with Gasteiger partial charge in [0.15, 0.2) is 0 Å². The topological polar surface area (TPSA) is 79.6 Å². The van der Waals surface area contributed by atoms with Crippen LogP contribution in [-0.2, 0) is 29.5 Å². The summed E-state index contributed by atoms with van der Waals surface area (Å²) in [7, 11) is -3.75. The zero-order chi connectivity index (χ0) is 22.6. The van der Waals surface area contributed by atoms with Crippen molar-refractivity contribution >= 4 is 15.9 Å². The van der Waals surface area contributed by atoms with Gasteiger partial charge in [0.05, 0.1) is 17.7 Å². The zero-order valence-electron chi connectivity index (χ0n) is 18.2. The van der Waals surface area contributed by atoms with E-state index in [1.54, 1.807) is 48.5 Å². The number of nitrogens with zero attached hydrogens (tertiary/aromatic N) is 1. The lowest BCUT2D eigenvalue weighted by atomic mass is 10.1. The van der Waals surface area contributed by atoms with Crippen molar-refractivity contribution in [1.29, 1.82) is 0 Å². The number of aryl methyl sites for hydroxylation is 1. The van der Waals surface area contributed by atoms with Gasteiger partial charge in [-0.1, -0.05) is 37.6 Å². The molecule has 32 heavy (non-hydrogen) atoms. The molecular weight excluding hydrogens is 424 g/mol. The van der Waals surface area contributed by atoms with Crippen LogP contribution in [0.3, 0.4) is 0 Å². The highest BCUT2D eigenvalue weighted by atomic mass is 32.2. The molecule has 1 amide bonds. The monoisotopic (exact) mass is 452 g/mol. The highest BCUT2D eigenvalue weighted by molar-refractivity contribution is 7.89. The van der Waals surface area contributed by atoms with Crippen molar-refractivity contribution in [2.24, 2.45) is 0 Å². The number of benzene rings is 2. The molecule has 0 bridgehead atoms. The Morgan fingerprint density at radius 1 is 1.00 bits per heavy atom. The molecule has 1 N–H and O–H groups in total. The molecule has 3 aromatic rings. The first-order chi connectivity index (χ1) is 15.5. The molecule has 2 aromatic carbocycles. The fraction of sp³-hybridized carbons (Fsp3) is 0.320. The summed E-state index contributed by atoms with van der Waals surface area (Å²) in [6.45, 7) is 2.39. The molecule has 168 valence electrons. The lowest BCUT2D eigenvalue weighted by Crippen LogP contribution is -2.30. The van der Waals surface area contributed by atoms with Crippen LogP contribution in [0, 0.1) is 0 Å². The molecule has 0 unspecified atom stereocenters. The first kappa shape index (κ1) is 22.3. The van der Waals surface area contributed by atoms with Crippen LogP contribution in [0.5, 0.6) is 0 Å². The average molecular weight is 453 g/mol. The number of sulfonamides is 1. The van der Waals surface area contributed by atoms with Crippen LogP contribution >= 0.6 is 0 Å². The maximum absolute atomic E-state index is 13.5. The van der Waals surface area contributed by atoms with Crippen molar-refractivity contribution in [2.75, 3.05) is 0 Å². The Bertz CT molecular complexity index is 1130. The molecule has 0 atom stereocenters. The third kappa shape index (κ3) is 5.47. The first-order valence-electron chi connectivity index (χ1n) is 11.0. The van der Waals surface area contributed by atoms with Crippen molar-refractivity contribution in [2.45, 2.75) is 56.6 Å². The first-order valence-corrected chi connectivity index (χ1v) is 12.4. The Balaban J connectivity index is 1.55. The van der Waals surface area contributed by atoms with Crippen LogP contribution < -0.4 is 5.32 Å². The van der Waals surface area contributed by atoms with Gasteiger partial charge in [-0.3, -0.25) is 4.79 Å². The Kier molecular flexibility index (Phi) is 6.77. The van der Waals surface area contributed by atoms with Gasteiger partial charge in [-0.25, -0.2) is 8.42 Å². The standard InChI is InChI=1S/C25H28N2O4S/c1-2-4-19-8-14-24(15-9-19)32(29,30)27(18-23-5-3-16-31-23)17-20-6-10-21(11-7-20)25(28)26-22-12-13-22/h3,5-11,14-16,22H,2,4,12-13,17-18H2,1H3,(H,26,28). The molecule has 0 saturated heterocycles. The fourth-order valence-corrected chi connectivity index (χ4v) is 4.92. The average Bonchev–Trinajstić information content (AvgIpc) is 3.45. The number of amides is 1. The fourth-order valence-electron chi connectivity index (χ4n) is 3.53. The van der Waals surface area contributed by atoms with Gasteiger partial charge in [0.25, 0.3) is 5.91 Å². The molecule has 7 heteroatoms. The van der Waals surface area contributed by atoms with E-state index in [2.05, 4.69) is 12.2 Å². The quantitative estimate of drug-likeness (QED) is 0.491. The minimum Gasteiger partial charge on any atom is -0.468 e. The number of furan rings is 1. The van der Waals surface area contributed by atoms with Gasteiger partial charge < -0.3 is 9.73 Å². The largest absolute Gasteiger partial charge is 0.468 e. The van der Waals surface area contributed by atoms with E-state index >= 15 is 0 Å². The highest BCUT2D eigenvalue weighted by Gasteiger charge is 2.26. The summed E-state index contributed by atoms with van der Waals surface area (Å²) in [6.07, 6.45) is 5.52. The summed E-state index contributed by atoms with van der Waals surface area (Å²) in [4.78, 5) is 12.5. The Hall–Kier alpha value is -2.90. The van der Waals surface area contributed by atoms with E-state index in [1.165, 1.54) is 10.6 Å². The second kappa shape index (κ2) is 9.71. The number of nitrogens with one attached hydrogen (secondary N) is 1. The Labute approximate surface area is 189 Å². The van der Waals surface area contributed by atoms with Crippen LogP contribution in [0.2, 0.25) is 0 Å². The van der Waals surface area contributed by atoms with Crippen molar-refractivity contribution < 1.29 is 17.6 Å². The smallest absolute Gasteiger partial charge is 0.251 e. The molecule has 1 heterocycles. The summed E-state index contributed by atoms with van der Waals surface area (Å²) in [5.74, 6) is 0.475. The van der Waals surface area contributed by atoms with Gasteiger partial charge >= 0.3 is 0 Å². The van der Waals surface area contributed by atoms with E-state index < -0.39 is 10.0 Å². The highest BCUT2D eigenvalue weighted by Crippen LogP contribution is 2.23. The number of rotatable bonds is 10. The third-order valence-electron chi connectivity index (χ3n) is 5.50. The minimum atomic E-state index is -3.75. The van der Waals surface area contributed by atoms with Gasteiger partial charge in [-0.05, 0) is 66.8 Å². The van der Waals surface area contributed by atoms with E-state index in [9.17, 15) is 13.2 Å². The number of carbonyl (C=O) groups excluding carboxylic acids is 1. The van der Waals surface area contributed by atoms with E-state index in [-0.39, 0.29) is 23.9 Å². The summed E-state index contributed by atoms with van der Waals surface area (Å²) < 4.78 is 33.7. The van der Waals surface area contributed by atoms with Crippen molar-refractivity contribution in [3.63, 3.8) is 0 Å². The van der Waals surface area contributed by atoms with Gasteiger partial charge in [-0.15, -0.1) is 0 Å². The maximum atomic E-state index is 13.5. The van der Waals surface area contributed by atoms with E-state index in [4.69, 9.17) is 4.42 Å². The molecule has 0 spiro atoms. The van der Waals surface area contributed by atoms with Crippen LogP contribution in [0.4, 0.5) is 0 Å². The SMILES string of the molecule is CCCc1ccc(S(=O)(=O)N(Cc2ccc(C(=O)NC3CC3)cc2)Cc2ccco2)cc1. The van der Waals surface area contributed by atoms with Crippen molar-refractivity contribution in [1.82, 2.24) is 9.62 Å². The number of hydrogen-bond donors (Lipinski definition) is 1. The van der Waals surface area contributed by atoms with E-state index in [0.29, 0.717) is 17.4 Å². The molecule has 6 nitrogen and oxygen atoms in total. The molecular formula is C25H28N2O4S. The Morgan fingerprint density at radius 2 is 1.69 bits per heavy atom. The summed E-state index contributed by atoms with van der Waals surface area (Å²) in [5, 5.41) is 2.96. The summed E-state index contributed by atoms with van der Waals surface area (Å²) in [6, 6.07) is 18.0. The molecule has 1 aliphatic rings. The molecule has 0 aliphatic heterocycles. The van der Waals surface area contributed by atoms with E-state index in [1.807, 2.05) is 12.1 Å². The molecule has 1 fully saturated rings. The number of carbonyl (C=O) groups is 1. The lowest BCUT2D eigenvalue weighted by Gasteiger charge is -2.22. The summed E-state index contributed by atoms with van der Waals surface area (Å²) >= 11 is 0. The predicted molar refractivity (Wildman–Crippen MR) is 123 cm³/mol. The zero-order valence-corrected chi connectivity index (χ0v) is 19.0. The van der Waals surface area contributed by atoms with Gasteiger partial charge in [0.1, 0.15) is 5.76 Å². The van der Waals surface area contributed by atoms with Crippen LogP contribution in [0.1, 0.15) is 53.4 Å². The van der Waals surface area contributed by atoms with Crippen LogP contribution in [0.25, 0.3) is 0 Å². The lowest BCUT2D eigenvalue weighted by molar-refractivity contribution is 0.0951. The molecule has 4 rings (SSSR count). The van der Waals surface area contributed by atoms with Crippen LogP contribution in [0.15, 0.2) is 76.2 Å². The maximum Gasteiger partial charge on any atom is 0.251 e. The predicted octanol–water partition coefficient (Wildman–Crippen LogP) is 4.52. The molecule has 1 saturated carbocycles. The van der Waals surface area contributed by atoms with Gasteiger partial charge in [0, 0.05) is 18.2 Å². The third-order valence-corrected chi connectivity index (χ3v) is 7.31. The van der Waals surface area contributed by atoms with Crippen LogP contribution in [-0.4, -0.2) is 24.7 Å². The Morgan fingerprint density at radius 3 is 2.28 bits per heavy atom. The van der Waals surface area contributed by atoms with E-state index in [0.717, 1.165) is 36.8 Å². The second-order valence-electron chi connectivity index (χ2n) is 8.19. The normalized spacial score (nSPS) is 13.9. The second-order valence-corrected chi connectivity index (χ2v) is 10.1.